The Morgan fingerprint density at radius 1 is 0.344 bits per heavy atom. The summed E-state index contributed by atoms with van der Waals surface area (Å²) in [4.78, 5) is 37.9. The molecule has 0 aliphatic heterocycles. The highest BCUT2D eigenvalue weighted by atomic mass is 16.6. The van der Waals surface area contributed by atoms with Gasteiger partial charge in [0.15, 0.2) is 6.10 Å². The molecule has 0 radical (unpaired) electrons. The lowest BCUT2D eigenvalue weighted by Crippen LogP contribution is -2.30. The number of hydrogen-bond donors (Lipinski definition) is 0. The molecule has 6 heteroatoms. The predicted molar refractivity (Wildman–Crippen MR) is 274 cm³/mol. The molecule has 1 unspecified atom stereocenters. The molecule has 0 heterocycles. The maximum atomic E-state index is 12.7. The van der Waals surface area contributed by atoms with Crippen molar-refractivity contribution in [3.8, 4) is 0 Å². The molecule has 0 amide bonds. The van der Waals surface area contributed by atoms with Crippen molar-refractivity contribution < 1.29 is 28.6 Å². The van der Waals surface area contributed by atoms with E-state index >= 15 is 0 Å². The van der Waals surface area contributed by atoms with Gasteiger partial charge in [-0.05, 0) is 103 Å². The number of carbonyl (C=O) groups is 3. The van der Waals surface area contributed by atoms with Gasteiger partial charge in [0, 0.05) is 12.8 Å². The zero-order valence-electron chi connectivity index (χ0n) is 41.5. The Labute approximate surface area is 394 Å². The van der Waals surface area contributed by atoms with Crippen molar-refractivity contribution in [2.75, 3.05) is 13.2 Å². The summed E-state index contributed by atoms with van der Waals surface area (Å²) in [5, 5.41) is 0. The molecule has 0 saturated heterocycles. The fraction of sp³-hybridized carbons (Fsp3) is 0.672. The first kappa shape index (κ1) is 60.3. The second-order valence-electron chi connectivity index (χ2n) is 17.1. The van der Waals surface area contributed by atoms with Crippen molar-refractivity contribution >= 4 is 17.9 Å². The topological polar surface area (TPSA) is 78.9 Å². The summed E-state index contributed by atoms with van der Waals surface area (Å²) in [5.74, 6) is -1.08. The quantitative estimate of drug-likeness (QED) is 0.0262. The van der Waals surface area contributed by atoms with E-state index in [4.69, 9.17) is 14.2 Å². The van der Waals surface area contributed by atoms with Crippen molar-refractivity contribution in [2.24, 2.45) is 0 Å². The van der Waals surface area contributed by atoms with E-state index in [9.17, 15) is 14.4 Å². The molecule has 0 spiro atoms. The summed E-state index contributed by atoms with van der Waals surface area (Å²) in [6.07, 6.45) is 68.4. The standard InChI is InChI=1S/C58H96O6/c1-4-7-10-13-16-19-22-25-28-31-33-36-39-42-45-48-51-57(60)63-54-55(64-58(61)52-49-46-43-40-37-34-30-27-24-21-18-15-12-9-6-3)53-62-56(59)50-47-44-41-38-35-32-29-26-23-20-17-14-11-8-5-2/h9,12,18-19,21-22,26-31,37,40,46,49,55H,4-8,10-11,13-17,20,23-25,32-36,38-39,41-45,47-48,50-54H2,1-3H3/b12-9-,21-18-,22-19-,29-26-,30-27-,31-28-,40-37-,49-46-. The summed E-state index contributed by atoms with van der Waals surface area (Å²) < 4.78 is 16.7. The fourth-order valence-corrected chi connectivity index (χ4v) is 6.89. The molecule has 0 aliphatic carbocycles. The Morgan fingerprint density at radius 2 is 0.656 bits per heavy atom. The van der Waals surface area contributed by atoms with Crippen LogP contribution in [-0.2, 0) is 28.6 Å². The van der Waals surface area contributed by atoms with Gasteiger partial charge in [0.1, 0.15) is 13.2 Å². The van der Waals surface area contributed by atoms with Crippen molar-refractivity contribution in [1.82, 2.24) is 0 Å². The van der Waals surface area contributed by atoms with Gasteiger partial charge in [-0.1, -0.05) is 208 Å². The third kappa shape index (κ3) is 49.3. The molecule has 6 nitrogen and oxygen atoms in total. The molecule has 0 aromatic carbocycles. The van der Waals surface area contributed by atoms with E-state index < -0.39 is 12.1 Å². The first-order chi connectivity index (χ1) is 31.5. The second kappa shape index (κ2) is 52.0. The van der Waals surface area contributed by atoms with Crippen molar-refractivity contribution in [1.29, 1.82) is 0 Å². The Morgan fingerprint density at radius 3 is 1.06 bits per heavy atom. The van der Waals surface area contributed by atoms with Crippen molar-refractivity contribution in [3.05, 3.63) is 97.2 Å². The smallest absolute Gasteiger partial charge is 0.310 e. The van der Waals surface area contributed by atoms with E-state index in [1.165, 1.54) is 83.5 Å². The first-order valence-electron chi connectivity index (χ1n) is 26.2. The zero-order valence-corrected chi connectivity index (χ0v) is 41.5. The molecule has 1 atom stereocenters. The SMILES string of the molecule is CC/C=C\C/C=C\C/C=C\C/C=C\C/C=C\CC(=O)OC(COC(=O)CCCCCCC/C=C\C/C=C\CCCCCC)COC(=O)CCCCCCC/C=C\CCCCCCCC. The summed E-state index contributed by atoms with van der Waals surface area (Å²) >= 11 is 0. The lowest BCUT2D eigenvalue weighted by Gasteiger charge is -2.18. The summed E-state index contributed by atoms with van der Waals surface area (Å²) in [6.45, 7) is 6.39. The van der Waals surface area contributed by atoms with Gasteiger partial charge in [0.05, 0.1) is 6.42 Å². The molecule has 0 fully saturated rings. The van der Waals surface area contributed by atoms with Crippen LogP contribution < -0.4 is 0 Å². The Kier molecular flexibility index (Phi) is 49.0. The van der Waals surface area contributed by atoms with Gasteiger partial charge in [0.25, 0.3) is 0 Å². The maximum Gasteiger partial charge on any atom is 0.310 e. The van der Waals surface area contributed by atoms with E-state index in [0.29, 0.717) is 19.3 Å². The second-order valence-corrected chi connectivity index (χ2v) is 17.1. The van der Waals surface area contributed by atoms with Gasteiger partial charge in [-0.2, -0.15) is 0 Å². The van der Waals surface area contributed by atoms with E-state index in [1.807, 2.05) is 6.08 Å². The van der Waals surface area contributed by atoms with Gasteiger partial charge in [0.2, 0.25) is 0 Å². The molecule has 364 valence electrons. The molecule has 0 aromatic heterocycles. The van der Waals surface area contributed by atoms with Gasteiger partial charge in [-0.15, -0.1) is 0 Å². The Bertz CT molecular complexity index is 1300. The van der Waals surface area contributed by atoms with Crippen LogP contribution in [0.25, 0.3) is 0 Å². The minimum atomic E-state index is -0.841. The normalized spacial score (nSPS) is 12.9. The number of rotatable bonds is 46. The first-order valence-corrected chi connectivity index (χ1v) is 26.2. The summed E-state index contributed by atoms with van der Waals surface area (Å²) in [7, 11) is 0. The third-order valence-electron chi connectivity index (χ3n) is 10.8. The molecular weight excluding hydrogens is 793 g/mol. The third-order valence-corrected chi connectivity index (χ3v) is 10.8. The minimum Gasteiger partial charge on any atom is -0.462 e. The zero-order chi connectivity index (χ0) is 46.5. The van der Waals surface area contributed by atoms with E-state index in [0.717, 1.165) is 103 Å². The van der Waals surface area contributed by atoms with Crippen LogP contribution in [0.5, 0.6) is 0 Å². The Balaban J connectivity index is 4.55. The monoisotopic (exact) mass is 889 g/mol. The van der Waals surface area contributed by atoms with E-state index in [-0.39, 0.29) is 31.6 Å². The summed E-state index contributed by atoms with van der Waals surface area (Å²) in [6, 6.07) is 0. The van der Waals surface area contributed by atoms with Crippen LogP contribution in [0.15, 0.2) is 97.2 Å². The highest BCUT2D eigenvalue weighted by Gasteiger charge is 2.19. The van der Waals surface area contributed by atoms with E-state index in [2.05, 4.69) is 106 Å². The highest BCUT2D eigenvalue weighted by Crippen LogP contribution is 2.13. The number of hydrogen-bond acceptors (Lipinski definition) is 6. The maximum absolute atomic E-state index is 12.7. The van der Waals surface area contributed by atoms with Crippen LogP contribution in [0.2, 0.25) is 0 Å². The lowest BCUT2D eigenvalue weighted by atomic mass is 10.1. The molecule has 64 heavy (non-hydrogen) atoms. The number of allylic oxidation sites excluding steroid dienone is 15. The minimum absolute atomic E-state index is 0.0901. The van der Waals surface area contributed by atoms with Gasteiger partial charge < -0.3 is 14.2 Å². The lowest BCUT2D eigenvalue weighted by molar-refractivity contribution is -0.166. The Hall–Kier alpha value is -3.67. The van der Waals surface area contributed by atoms with E-state index in [1.54, 1.807) is 6.08 Å². The van der Waals surface area contributed by atoms with Crippen molar-refractivity contribution in [2.45, 2.75) is 239 Å². The number of esters is 3. The predicted octanol–water partition coefficient (Wildman–Crippen LogP) is 17.4. The molecule has 0 bridgehead atoms. The molecule has 0 N–H and O–H groups in total. The van der Waals surface area contributed by atoms with Crippen molar-refractivity contribution in [3.63, 3.8) is 0 Å². The van der Waals surface area contributed by atoms with Crippen LogP contribution in [0.1, 0.15) is 233 Å². The molecule has 0 aromatic rings. The number of unbranched alkanes of at least 4 members (excludes halogenated alkanes) is 20. The average Bonchev–Trinajstić information content (AvgIpc) is 3.29. The van der Waals surface area contributed by atoms with Gasteiger partial charge >= 0.3 is 17.9 Å². The van der Waals surface area contributed by atoms with Crippen LogP contribution in [-0.4, -0.2) is 37.2 Å². The van der Waals surface area contributed by atoms with Gasteiger partial charge in [-0.25, -0.2) is 0 Å². The largest absolute Gasteiger partial charge is 0.462 e. The van der Waals surface area contributed by atoms with Crippen LogP contribution in [0.3, 0.4) is 0 Å². The fourth-order valence-electron chi connectivity index (χ4n) is 6.89. The summed E-state index contributed by atoms with van der Waals surface area (Å²) in [5.41, 5.74) is 0. The van der Waals surface area contributed by atoms with Crippen LogP contribution >= 0.6 is 0 Å². The van der Waals surface area contributed by atoms with Gasteiger partial charge in [-0.3, -0.25) is 14.4 Å². The molecule has 0 saturated carbocycles. The average molecular weight is 889 g/mol. The molecule has 0 rings (SSSR count). The number of ether oxygens (including phenoxy) is 3. The number of carbonyl (C=O) groups excluding carboxylic acids is 3. The highest BCUT2D eigenvalue weighted by molar-refractivity contribution is 5.72. The molecular formula is C58H96O6. The molecule has 0 aliphatic rings. The van der Waals surface area contributed by atoms with Crippen LogP contribution in [0, 0.1) is 0 Å². The van der Waals surface area contributed by atoms with Crippen LogP contribution in [0.4, 0.5) is 0 Å².